The van der Waals surface area contributed by atoms with Crippen LogP contribution in [0.4, 0.5) is 0 Å². The summed E-state index contributed by atoms with van der Waals surface area (Å²) in [6, 6.07) is 6.15. The van der Waals surface area contributed by atoms with E-state index in [-0.39, 0.29) is 5.56 Å². The molecular weight excluding hydrogens is 282 g/mol. The van der Waals surface area contributed by atoms with Crippen molar-refractivity contribution in [1.82, 2.24) is 9.13 Å². The molecule has 20 heavy (non-hydrogen) atoms. The lowest BCUT2D eigenvalue weighted by molar-refractivity contribution is 0.0997. The van der Waals surface area contributed by atoms with Crippen molar-refractivity contribution < 1.29 is 4.79 Å². The molecule has 1 heterocycles. The van der Waals surface area contributed by atoms with E-state index in [9.17, 15) is 14.4 Å². The summed E-state index contributed by atoms with van der Waals surface area (Å²) in [6.07, 6.45) is 1.18. The molecule has 0 aliphatic rings. The Morgan fingerprint density at radius 3 is 2.35 bits per heavy atom. The van der Waals surface area contributed by atoms with Crippen LogP contribution in [0.3, 0.4) is 0 Å². The lowest BCUT2D eigenvalue weighted by Gasteiger charge is -2.10. The fraction of sp³-hybridized carbons (Fsp3) is 0.154. The Kier molecular flexibility index (Phi) is 3.76. The summed E-state index contributed by atoms with van der Waals surface area (Å²) in [5.74, 6) is -0.875. The average Bonchev–Trinajstić information content (AvgIpc) is 2.41. The van der Waals surface area contributed by atoms with Crippen LogP contribution in [0.15, 0.2) is 40.1 Å². The van der Waals surface area contributed by atoms with Crippen LogP contribution < -0.4 is 17.0 Å². The summed E-state index contributed by atoms with van der Waals surface area (Å²) >= 11 is 5.77. The van der Waals surface area contributed by atoms with Crippen LogP contribution in [0.1, 0.15) is 17.3 Å². The predicted molar refractivity (Wildman–Crippen MR) is 75.5 cm³/mol. The zero-order chi connectivity index (χ0) is 14.9. The largest absolute Gasteiger partial charge is 0.365 e. The number of aromatic nitrogens is 2. The molecule has 0 aliphatic carbocycles. The number of nitrogens with zero attached hydrogens (tertiary/aromatic N) is 2. The van der Waals surface area contributed by atoms with Crippen LogP contribution in [0.5, 0.6) is 0 Å². The molecule has 0 spiro atoms. The highest BCUT2D eigenvalue weighted by Gasteiger charge is 2.15. The van der Waals surface area contributed by atoms with Crippen molar-refractivity contribution in [2.75, 3.05) is 0 Å². The monoisotopic (exact) mass is 293 g/mol. The molecule has 2 rings (SSSR count). The lowest BCUT2D eigenvalue weighted by atomic mass is 10.2. The van der Waals surface area contributed by atoms with E-state index < -0.39 is 17.2 Å². The first kappa shape index (κ1) is 14.1. The first-order valence-corrected chi connectivity index (χ1v) is 6.25. The molecule has 0 aliphatic heterocycles. The molecule has 0 atom stereocenters. The lowest BCUT2D eigenvalue weighted by Crippen LogP contribution is -2.42. The number of carbonyl (C=O) groups excluding carboxylic acids is 1. The fourth-order valence-corrected chi connectivity index (χ4v) is 1.94. The Morgan fingerprint density at radius 2 is 1.85 bits per heavy atom. The Hall–Kier alpha value is -2.34. The van der Waals surface area contributed by atoms with Gasteiger partial charge >= 0.3 is 5.69 Å². The van der Waals surface area contributed by atoms with Gasteiger partial charge in [-0.1, -0.05) is 11.6 Å². The Morgan fingerprint density at radius 1 is 1.25 bits per heavy atom. The van der Waals surface area contributed by atoms with E-state index >= 15 is 0 Å². The van der Waals surface area contributed by atoms with E-state index in [4.69, 9.17) is 17.3 Å². The summed E-state index contributed by atoms with van der Waals surface area (Å²) in [4.78, 5) is 35.7. The van der Waals surface area contributed by atoms with Crippen molar-refractivity contribution in [2.24, 2.45) is 5.73 Å². The van der Waals surface area contributed by atoms with E-state index in [1.165, 1.54) is 22.9 Å². The second-order valence-electron chi connectivity index (χ2n) is 4.09. The normalized spacial score (nSPS) is 10.5. The van der Waals surface area contributed by atoms with Crippen molar-refractivity contribution in [1.29, 1.82) is 0 Å². The van der Waals surface area contributed by atoms with Gasteiger partial charge in [0.05, 0.1) is 5.69 Å². The van der Waals surface area contributed by atoms with Crippen molar-refractivity contribution in [2.45, 2.75) is 13.5 Å². The fourth-order valence-electron chi connectivity index (χ4n) is 1.82. The molecule has 7 heteroatoms. The topological polar surface area (TPSA) is 87.1 Å². The SMILES string of the molecule is CCn1cc(C(N)=O)c(=O)n(-c2ccc(Cl)cc2)c1=O. The second kappa shape index (κ2) is 5.34. The highest BCUT2D eigenvalue weighted by Crippen LogP contribution is 2.11. The summed E-state index contributed by atoms with van der Waals surface area (Å²) in [5.41, 5.74) is 3.99. The molecule has 1 amide bonds. The number of rotatable bonds is 3. The molecule has 0 saturated carbocycles. The molecule has 104 valence electrons. The number of halogens is 1. The molecule has 1 aromatic heterocycles. The maximum absolute atomic E-state index is 12.2. The molecule has 2 aromatic rings. The number of carbonyl (C=O) groups is 1. The molecule has 0 unspecified atom stereocenters. The Labute approximate surface area is 119 Å². The molecular formula is C13H12ClN3O3. The summed E-state index contributed by atoms with van der Waals surface area (Å²) in [6.45, 7) is 2.04. The Bertz CT molecular complexity index is 775. The van der Waals surface area contributed by atoms with Gasteiger partial charge in [-0.15, -0.1) is 0 Å². The predicted octanol–water partition coefficient (Wildman–Crippen LogP) is 0.771. The molecule has 6 nitrogen and oxygen atoms in total. The van der Waals surface area contributed by atoms with E-state index in [2.05, 4.69) is 0 Å². The molecule has 2 N–H and O–H groups in total. The van der Waals surface area contributed by atoms with Crippen LogP contribution in [0, 0.1) is 0 Å². The van der Waals surface area contributed by atoms with Gasteiger partial charge in [0.15, 0.2) is 0 Å². The second-order valence-corrected chi connectivity index (χ2v) is 4.53. The van der Waals surface area contributed by atoms with Gasteiger partial charge in [0.1, 0.15) is 5.56 Å². The molecule has 1 aromatic carbocycles. The summed E-state index contributed by atoms with van der Waals surface area (Å²) < 4.78 is 2.15. The summed E-state index contributed by atoms with van der Waals surface area (Å²) in [7, 11) is 0. The van der Waals surface area contributed by atoms with Crippen molar-refractivity contribution in [3.63, 3.8) is 0 Å². The standard InChI is InChI=1S/C13H12ClN3O3/c1-2-16-7-10(11(15)18)12(19)17(13(16)20)9-5-3-8(14)4-6-9/h3-7H,2H2,1H3,(H2,15,18). The zero-order valence-corrected chi connectivity index (χ0v) is 11.4. The molecule has 0 fully saturated rings. The minimum absolute atomic E-state index is 0.235. The van der Waals surface area contributed by atoms with Gasteiger partial charge < -0.3 is 5.73 Å². The van der Waals surface area contributed by atoms with E-state index in [0.29, 0.717) is 17.3 Å². The highest BCUT2D eigenvalue weighted by molar-refractivity contribution is 6.30. The van der Waals surface area contributed by atoms with E-state index in [1.807, 2.05) is 0 Å². The number of hydrogen-bond acceptors (Lipinski definition) is 3. The van der Waals surface area contributed by atoms with Gasteiger partial charge in [0, 0.05) is 17.8 Å². The smallest absolute Gasteiger partial charge is 0.335 e. The van der Waals surface area contributed by atoms with Gasteiger partial charge in [0.25, 0.3) is 11.5 Å². The van der Waals surface area contributed by atoms with Crippen LogP contribution in [0.2, 0.25) is 5.02 Å². The highest BCUT2D eigenvalue weighted by atomic mass is 35.5. The minimum Gasteiger partial charge on any atom is -0.365 e. The van der Waals surface area contributed by atoms with Crippen LogP contribution >= 0.6 is 11.6 Å². The first-order valence-electron chi connectivity index (χ1n) is 5.88. The number of hydrogen-bond donors (Lipinski definition) is 1. The van der Waals surface area contributed by atoms with E-state index in [0.717, 1.165) is 4.57 Å². The van der Waals surface area contributed by atoms with Crippen LogP contribution in [0.25, 0.3) is 5.69 Å². The maximum Gasteiger partial charge on any atom is 0.335 e. The van der Waals surface area contributed by atoms with E-state index in [1.54, 1.807) is 19.1 Å². The van der Waals surface area contributed by atoms with Crippen molar-refractivity contribution in [3.05, 3.63) is 61.9 Å². The van der Waals surface area contributed by atoms with Crippen LogP contribution in [-0.2, 0) is 6.54 Å². The average molecular weight is 294 g/mol. The van der Waals surface area contributed by atoms with Crippen molar-refractivity contribution in [3.8, 4) is 5.69 Å². The van der Waals surface area contributed by atoms with Crippen molar-refractivity contribution >= 4 is 17.5 Å². The summed E-state index contributed by atoms with van der Waals surface area (Å²) in [5, 5.41) is 0.476. The van der Waals surface area contributed by atoms with Gasteiger partial charge in [-0.05, 0) is 31.2 Å². The van der Waals surface area contributed by atoms with Gasteiger partial charge in [-0.2, -0.15) is 0 Å². The Balaban J connectivity index is 2.84. The number of nitrogens with two attached hydrogens (primary N) is 1. The zero-order valence-electron chi connectivity index (χ0n) is 10.7. The number of benzene rings is 1. The van der Waals surface area contributed by atoms with Gasteiger partial charge in [-0.3, -0.25) is 14.2 Å². The molecule has 0 saturated heterocycles. The quantitative estimate of drug-likeness (QED) is 0.907. The number of amides is 1. The number of aryl methyl sites for hydroxylation is 1. The number of primary amides is 1. The molecule has 0 radical (unpaired) electrons. The minimum atomic E-state index is -0.875. The maximum atomic E-state index is 12.2. The van der Waals surface area contributed by atoms with Gasteiger partial charge in [0.2, 0.25) is 0 Å². The third-order valence-corrected chi connectivity index (χ3v) is 3.10. The van der Waals surface area contributed by atoms with Gasteiger partial charge in [-0.25, -0.2) is 9.36 Å². The molecule has 0 bridgehead atoms. The first-order chi connectivity index (χ1) is 9.45. The van der Waals surface area contributed by atoms with Crippen LogP contribution in [-0.4, -0.2) is 15.0 Å². The third kappa shape index (κ3) is 2.37. The third-order valence-electron chi connectivity index (χ3n) is 2.85.